The molecule has 0 aliphatic carbocycles. The minimum atomic E-state index is -0.611. The lowest BCUT2D eigenvalue weighted by atomic mass is 10.3. The number of hydrogen-bond donors (Lipinski definition) is 3. The minimum Gasteiger partial charge on any atom is -0.365 e. The van der Waals surface area contributed by atoms with Gasteiger partial charge in [0.25, 0.3) is 5.91 Å². The molecule has 0 aliphatic heterocycles. The third kappa shape index (κ3) is 4.38. The molecule has 7 heteroatoms. The van der Waals surface area contributed by atoms with Crippen LogP contribution >= 0.6 is 27.5 Å². The van der Waals surface area contributed by atoms with E-state index in [-0.39, 0.29) is 9.51 Å². The van der Waals surface area contributed by atoms with Gasteiger partial charge in [-0.2, -0.15) is 0 Å². The molecule has 96 valence electrons. The number of benzene rings is 1. The van der Waals surface area contributed by atoms with E-state index >= 15 is 0 Å². The summed E-state index contributed by atoms with van der Waals surface area (Å²) in [4.78, 5) is 10.7. The van der Waals surface area contributed by atoms with Crippen molar-refractivity contribution in [1.29, 1.82) is 0 Å². The first-order valence-corrected chi connectivity index (χ1v) is 5.90. The third-order valence-electron chi connectivity index (χ3n) is 1.82. The van der Waals surface area contributed by atoms with Gasteiger partial charge in [0, 0.05) is 11.9 Å². The Hall–Kier alpha value is -1.53. The van der Waals surface area contributed by atoms with Crippen molar-refractivity contribution in [1.82, 2.24) is 5.32 Å². The molecule has 4 N–H and O–H groups in total. The van der Waals surface area contributed by atoms with Crippen molar-refractivity contribution in [2.75, 3.05) is 5.32 Å². The molecule has 0 bridgehead atoms. The van der Waals surface area contributed by atoms with Crippen LogP contribution in [0.4, 0.5) is 10.1 Å². The Balaban J connectivity index is 2.62. The molecule has 4 nitrogen and oxygen atoms in total. The summed E-state index contributed by atoms with van der Waals surface area (Å²) in [6.45, 7) is 3.66. The fraction of sp³-hybridized carbons (Fsp3) is 0. The van der Waals surface area contributed by atoms with E-state index in [1.54, 1.807) is 0 Å². The number of rotatable bonds is 5. The van der Waals surface area contributed by atoms with E-state index in [1.807, 2.05) is 0 Å². The minimum absolute atomic E-state index is 0.00154. The molecule has 1 aromatic rings. The van der Waals surface area contributed by atoms with Crippen LogP contribution in [-0.4, -0.2) is 5.91 Å². The van der Waals surface area contributed by atoms with Gasteiger partial charge >= 0.3 is 0 Å². The predicted octanol–water partition coefficient (Wildman–Crippen LogP) is 2.67. The second-order valence-corrected chi connectivity index (χ2v) is 4.49. The van der Waals surface area contributed by atoms with E-state index in [0.717, 1.165) is 0 Å². The number of carbonyl (C=O) groups is 1. The molecule has 1 rings (SSSR count). The van der Waals surface area contributed by atoms with Gasteiger partial charge in [0.15, 0.2) is 0 Å². The van der Waals surface area contributed by atoms with E-state index < -0.39 is 11.7 Å². The Kier molecular flexibility index (Phi) is 5.18. The van der Waals surface area contributed by atoms with Gasteiger partial charge in [-0.1, -0.05) is 18.2 Å². The summed E-state index contributed by atoms with van der Waals surface area (Å²) in [5, 5.41) is 5.53. The standard InChI is InChI=1S/C11H10BrClFN3O/c1-6(16-5-8(12)11(15)18)17-7-2-3-10(14)9(13)4-7/h2-5,16-17H,1H2,(H2,15,18). The highest BCUT2D eigenvalue weighted by atomic mass is 79.9. The number of carbonyl (C=O) groups excluding carboxylic acids is 1. The Bertz CT molecular complexity index is 519. The Morgan fingerprint density at radius 2 is 2.22 bits per heavy atom. The van der Waals surface area contributed by atoms with Crippen LogP contribution in [-0.2, 0) is 4.79 Å². The molecule has 0 saturated heterocycles. The van der Waals surface area contributed by atoms with E-state index in [2.05, 4.69) is 33.1 Å². The highest BCUT2D eigenvalue weighted by Crippen LogP contribution is 2.19. The number of anilines is 1. The van der Waals surface area contributed by atoms with E-state index in [1.165, 1.54) is 24.4 Å². The lowest BCUT2D eigenvalue weighted by Crippen LogP contribution is -2.16. The molecule has 0 radical (unpaired) electrons. The first-order valence-electron chi connectivity index (χ1n) is 4.73. The van der Waals surface area contributed by atoms with Crippen molar-refractivity contribution in [3.63, 3.8) is 0 Å². The normalized spacial score (nSPS) is 10.9. The zero-order chi connectivity index (χ0) is 13.7. The molecule has 0 saturated carbocycles. The molecule has 0 aromatic heterocycles. The highest BCUT2D eigenvalue weighted by Gasteiger charge is 2.02. The summed E-state index contributed by atoms with van der Waals surface area (Å²) in [5.41, 5.74) is 5.57. The van der Waals surface area contributed by atoms with Gasteiger partial charge < -0.3 is 16.4 Å². The van der Waals surface area contributed by atoms with Gasteiger partial charge in [0.2, 0.25) is 0 Å². The molecule has 1 amide bonds. The summed E-state index contributed by atoms with van der Waals surface area (Å²) < 4.78 is 13.1. The number of halogens is 3. The average molecular weight is 335 g/mol. The lowest BCUT2D eigenvalue weighted by Gasteiger charge is -2.10. The molecule has 0 fully saturated rings. The second kappa shape index (κ2) is 6.42. The van der Waals surface area contributed by atoms with Crippen molar-refractivity contribution < 1.29 is 9.18 Å². The van der Waals surface area contributed by atoms with Crippen LogP contribution < -0.4 is 16.4 Å². The van der Waals surface area contributed by atoms with E-state index in [4.69, 9.17) is 17.3 Å². The maximum Gasteiger partial charge on any atom is 0.257 e. The fourth-order valence-electron chi connectivity index (χ4n) is 1.01. The third-order valence-corrected chi connectivity index (χ3v) is 2.73. The summed E-state index contributed by atoms with van der Waals surface area (Å²) in [5.74, 6) is -0.742. The van der Waals surface area contributed by atoms with Gasteiger partial charge in [0.1, 0.15) is 5.82 Å². The molecule has 0 aliphatic rings. The predicted molar refractivity (Wildman–Crippen MR) is 73.5 cm³/mol. The molecule has 18 heavy (non-hydrogen) atoms. The van der Waals surface area contributed by atoms with Gasteiger partial charge in [-0.25, -0.2) is 4.39 Å². The molecule has 0 spiro atoms. The Labute approximate surface area is 117 Å². The Morgan fingerprint density at radius 1 is 1.56 bits per heavy atom. The highest BCUT2D eigenvalue weighted by molar-refractivity contribution is 9.12. The summed E-state index contributed by atoms with van der Waals surface area (Å²) in [6, 6.07) is 4.14. The van der Waals surface area contributed by atoms with Gasteiger partial charge in [-0.15, -0.1) is 0 Å². The van der Waals surface area contributed by atoms with Crippen molar-refractivity contribution in [2.24, 2.45) is 5.73 Å². The molecular formula is C11H10BrClFN3O. The van der Waals surface area contributed by atoms with Crippen LogP contribution in [0.1, 0.15) is 0 Å². The monoisotopic (exact) mass is 333 g/mol. The molecule has 0 heterocycles. The Morgan fingerprint density at radius 3 is 2.78 bits per heavy atom. The average Bonchev–Trinajstić information content (AvgIpc) is 2.30. The maximum atomic E-state index is 12.9. The van der Waals surface area contributed by atoms with Crippen LogP contribution in [0.3, 0.4) is 0 Å². The van der Waals surface area contributed by atoms with Gasteiger partial charge in [-0.05, 0) is 34.1 Å². The number of nitrogens with two attached hydrogens (primary N) is 1. The SMILES string of the molecule is C=C(NC=C(Br)C(N)=O)Nc1ccc(F)c(Cl)c1. The van der Waals surface area contributed by atoms with Crippen LogP contribution in [0.25, 0.3) is 0 Å². The molecule has 0 atom stereocenters. The first kappa shape index (κ1) is 14.5. The fourth-order valence-corrected chi connectivity index (χ4v) is 1.30. The smallest absolute Gasteiger partial charge is 0.257 e. The molecule has 0 unspecified atom stereocenters. The van der Waals surface area contributed by atoms with Crippen LogP contribution in [0, 0.1) is 5.82 Å². The van der Waals surface area contributed by atoms with Crippen LogP contribution in [0.5, 0.6) is 0 Å². The van der Waals surface area contributed by atoms with Crippen molar-refractivity contribution in [3.8, 4) is 0 Å². The van der Waals surface area contributed by atoms with Crippen LogP contribution in [0.15, 0.2) is 41.3 Å². The molecule has 1 aromatic carbocycles. The lowest BCUT2D eigenvalue weighted by molar-refractivity contribution is -0.113. The zero-order valence-electron chi connectivity index (χ0n) is 9.14. The van der Waals surface area contributed by atoms with E-state index in [0.29, 0.717) is 11.5 Å². The van der Waals surface area contributed by atoms with Crippen molar-refractivity contribution in [2.45, 2.75) is 0 Å². The van der Waals surface area contributed by atoms with Crippen LogP contribution in [0.2, 0.25) is 5.02 Å². The summed E-state index contributed by atoms with van der Waals surface area (Å²) in [7, 11) is 0. The zero-order valence-corrected chi connectivity index (χ0v) is 11.5. The summed E-state index contributed by atoms with van der Waals surface area (Å²) >= 11 is 8.58. The largest absolute Gasteiger partial charge is 0.365 e. The van der Waals surface area contributed by atoms with E-state index in [9.17, 15) is 9.18 Å². The van der Waals surface area contributed by atoms with Crippen molar-refractivity contribution in [3.05, 3.63) is 52.1 Å². The van der Waals surface area contributed by atoms with Gasteiger partial charge in [0.05, 0.1) is 15.3 Å². The number of amides is 1. The van der Waals surface area contributed by atoms with Gasteiger partial charge in [-0.3, -0.25) is 4.79 Å². The summed E-state index contributed by atoms with van der Waals surface area (Å²) in [6.07, 6.45) is 1.34. The second-order valence-electron chi connectivity index (χ2n) is 3.23. The number of nitrogens with one attached hydrogen (secondary N) is 2. The number of hydrogen-bond acceptors (Lipinski definition) is 3. The quantitative estimate of drug-likeness (QED) is 0.725. The number of primary amides is 1. The molecular weight excluding hydrogens is 324 g/mol. The maximum absolute atomic E-state index is 12.9. The van der Waals surface area contributed by atoms with Crippen molar-refractivity contribution >= 4 is 39.1 Å². The topological polar surface area (TPSA) is 67.1 Å². The first-order chi connectivity index (χ1) is 8.40.